The summed E-state index contributed by atoms with van der Waals surface area (Å²) in [4.78, 5) is 11.8. The molecule has 3 N–H and O–H groups in total. The van der Waals surface area contributed by atoms with Gasteiger partial charge in [-0.25, -0.2) is 4.79 Å². The fourth-order valence-corrected chi connectivity index (χ4v) is 2.02. The van der Waals surface area contributed by atoms with Gasteiger partial charge in [0.1, 0.15) is 0 Å². The molecular weight excluding hydrogens is 242 g/mol. The second-order valence-corrected chi connectivity index (χ2v) is 4.79. The smallest absolute Gasteiger partial charge is 0.319 e. The molecule has 2 unspecified atom stereocenters. The van der Waals surface area contributed by atoms with E-state index in [0.717, 1.165) is 18.7 Å². The molecule has 5 nitrogen and oxygen atoms in total. The summed E-state index contributed by atoms with van der Waals surface area (Å²) in [6.45, 7) is 3.42. The van der Waals surface area contributed by atoms with Crippen LogP contribution in [-0.4, -0.2) is 32.3 Å². The van der Waals surface area contributed by atoms with Crippen molar-refractivity contribution in [1.82, 2.24) is 10.6 Å². The molecule has 1 saturated heterocycles. The lowest BCUT2D eigenvalue weighted by Gasteiger charge is -2.13. The second-order valence-electron chi connectivity index (χ2n) is 4.79. The van der Waals surface area contributed by atoms with E-state index in [0.29, 0.717) is 12.6 Å². The molecule has 2 amide bonds. The summed E-state index contributed by atoms with van der Waals surface area (Å²) in [5.74, 6) is 0. The van der Waals surface area contributed by atoms with Crippen molar-refractivity contribution in [1.29, 1.82) is 0 Å². The maximum atomic E-state index is 11.8. The van der Waals surface area contributed by atoms with Crippen LogP contribution in [0.2, 0.25) is 0 Å². The van der Waals surface area contributed by atoms with Crippen molar-refractivity contribution in [2.75, 3.05) is 25.6 Å². The van der Waals surface area contributed by atoms with Crippen LogP contribution in [0.15, 0.2) is 24.3 Å². The van der Waals surface area contributed by atoms with E-state index < -0.39 is 0 Å². The summed E-state index contributed by atoms with van der Waals surface area (Å²) >= 11 is 0. The van der Waals surface area contributed by atoms with E-state index >= 15 is 0 Å². The number of nitrogens with one attached hydrogen (secondary N) is 3. The van der Waals surface area contributed by atoms with Gasteiger partial charge < -0.3 is 20.7 Å². The van der Waals surface area contributed by atoms with E-state index in [9.17, 15) is 4.79 Å². The zero-order valence-corrected chi connectivity index (χ0v) is 11.4. The van der Waals surface area contributed by atoms with Gasteiger partial charge in [0.25, 0.3) is 0 Å². The first-order valence-corrected chi connectivity index (χ1v) is 6.61. The molecule has 0 aliphatic carbocycles. The zero-order valence-electron chi connectivity index (χ0n) is 11.4. The molecule has 0 spiro atoms. The third-order valence-corrected chi connectivity index (χ3v) is 3.37. The van der Waals surface area contributed by atoms with E-state index in [-0.39, 0.29) is 12.1 Å². The normalized spacial score (nSPS) is 20.0. The molecule has 2 atom stereocenters. The van der Waals surface area contributed by atoms with Gasteiger partial charge in [0.15, 0.2) is 0 Å². The molecule has 5 heteroatoms. The number of ether oxygens (including phenoxy) is 1. The summed E-state index contributed by atoms with van der Waals surface area (Å²) in [6.07, 6.45) is 0.881. The summed E-state index contributed by atoms with van der Waals surface area (Å²) in [5, 5.41) is 8.89. The largest absolute Gasteiger partial charge is 0.379 e. The Labute approximate surface area is 113 Å². The van der Waals surface area contributed by atoms with Crippen molar-refractivity contribution in [3.05, 3.63) is 29.8 Å². The molecular formula is C14H21N3O2. The predicted octanol–water partition coefficient (Wildman–Crippen LogP) is 1.88. The quantitative estimate of drug-likeness (QED) is 0.777. The molecule has 0 radical (unpaired) electrons. The molecule has 0 bridgehead atoms. The van der Waals surface area contributed by atoms with Gasteiger partial charge in [-0.05, 0) is 38.1 Å². The standard InChI is InChI=1S/C14H21N3O2/c1-10(15-2)11-3-5-12(6-4-11)16-14(18)17-13-7-8-19-9-13/h3-6,10,13,15H,7-9H2,1-2H3,(H2,16,17,18). The number of urea groups is 1. The van der Waals surface area contributed by atoms with Crippen LogP contribution in [0.1, 0.15) is 24.9 Å². The number of carbonyl (C=O) groups excluding carboxylic acids is 1. The Kier molecular flexibility index (Phi) is 4.76. The van der Waals surface area contributed by atoms with Gasteiger partial charge in [-0.15, -0.1) is 0 Å². The van der Waals surface area contributed by atoms with Gasteiger partial charge in [-0.3, -0.25) is 0 Å². The van der Waals surface area contributed by atoms with E-state index in [4.69, 9.17) is 4.74 Å². The first-order chi connectivity index (χ1) is 9.19. The van der Waals surface area contributed by atoms with Crippen molar-refractivity contribution in [3.63, 3.8) is 0 Å². The SMILES string of the molecule is CNC(C)c1ccc(NC(=O)NC2CCOC2)cc1. The minimum atomic E-state index is -0.176. The lowest BCUT2D eigenvalue weighted by molar-refractivity contribution is 0.189. The molecule has 1 aromatic carbocycles. The van der Waals surface area contributed by atoms with Crippen molar-refractivity contribution >= 4 is 11.7 Å². The van der Waals surface area contributed by atoms with Crippen LogP contribution in [0.5, 0.6) is 0 Å². The van der Waals surface area contributed by atoms with Gasteiger partial charge >= 0.3 is 6.03 Å². The van der Waals surface area contributed by atoms with Crippen molar-refractivity contribution in [2.45, 2.75) is 25.4 Å². The number of rotatable bonds is 4. The van der Waals surface area contributed by atoms with Crippen LogP contribution in [0.25, 0.3) is 0 Å². The fourth-order valence-electron chi connectivity index (χ4n) is 2.02. The topological polar surface area (TPSA) is 62.4 Å². The van der Waals surface area contributed by atoms with Crippen LogP contribution < -0.4 is 16.0 Å². The Morgan fingerprint density at radius 3 is 2.68 bits per heavy atom. The third kappa shape index (κ3) is 3.94. The summed E-state index contributed by atoms with van der Waals surface area (Å²) in [6, 6.07) is 8.10. The molecule has 0 saturated carbocycles. The minimum absolute atomic E-state index is 0.128. The summed E-state index contributed by atoms with van der Waals surface area (Å²) in [5.41, 5.74) is 1.99. The monoisotopic (exact) mass is 263 g/mol. The lowest BCUT2D eigenvalue weighted by atomic mass is 10.1. The zero-order chi connectivity index (χ0) is 13.7. The second kappa shape index (κ2) is 6.54. The molecule has 1 aliphatic heterocycles. The van der Waals surface area contributed by atoms with Crippen LogP contribution in [0.3, 0.4) is 0 Å². The van der Waals surface area contributed by atoms with E-state index in [1.165, 1.54) is 5.56 Å². The molecule has 19 heavy (non-hydrogen) atoms. The Morgan fingerprint density at radius 2 is 2.11 bits per heavy atom. The van der Waals surface area contributed by atoms with Crippen molar-refractivity contribution < 1.29 is 9.53 Å². The maximum absolute atomic E-state index is 11.8. The van der Waals surface area contributed by atoms with Crippen molar-refractivity contribution in [3.8, 4) is 0 Å². The third-order valence-electron chi connectivity index (χ3n) is 3.37. The Bertz CT molecular complexity index is 413. The van der Waals surface area contributed by atoms with Crippen LogP contribution in [0, 0.1) is 0 Å². The summed E-state index contributed by atoms with van der Waals surface area (Å²) < 4.78 is 5.21. The number of hydrogen-bond donors (Lipinski definition) is 3. The highest BCUT2D eigenvalue weighted by Crippen LogP contribution is 2.15. The highest BCUT2D eigenvalue weighted by molar-refractivity contribution is 5.89. The number of hydrogen-bond acceptors (Lipinski definition) is 3. The Morgan fingerprint density at radius 1 is 1.37 bits per heavy atom. The first-order valence-electron chi connectivity index (χ1n) is 6.61. The average Bonchev–Trinajstić information content (AvgIpc) is 2.91. The predicted molar refractivity (Wildman–Crippen MR) is 75.3 cm³/mol. The molecule has 104 valence electrons. The van der Waals surface area contributed by atoms with Crippen LogP contribution in [-0.2, 0) is 4.74 Å². The van der Waals surface area contributed by atoms with Crippen LogP contribution >= 0.6 is 0 Å². The fraction of sp³-hybridized carbons (Fsp3) is 0.500. The van der Waals surface area contributed by atoms with Crippen LogP contribution in [0.4, 0.5) is 10.5 Å². The van der Waals surface area contributed by atoms with Gasteiger partial charge in [0, 0.05) is 18.3 Å². The van der Waals surface area contributed by atoms with Gasteiger partial charge in [-0.1, -0.05) is 12.1 Å². The van der Waals surface area contributed by atoms with Crippen molar-refractivity contribution in [2.24, 2.45) is 0 Å². The number of benzene rings is 1. The number of anilines is 1. The Hall–Kier alpha value is -1.59. The number of amides is 2. The van der Waals surface area contributed by atoms with E-state index in [1.807, 2.05) is 31.3 Å². The van der Waals surface area contributed by atoms with Gasteiger partial charge in [0.05, 0.1) is 12.6 Å². The maximum Gasteiger partial charge on any atom is 0.319 e. The summed E-state index contributed by atoms with van der Waals surface area (Å²) in [7, 11) is 1.92. The number of carbonyl (C=O) groups is 1. The van der Waals surface area contributed by atoms with E-state index in [1.54, 1.807) is 0 Å². The van der Waals surface area contributed by atoms with E-state index in [2.05, 4.69) is 22.9 Å². The minimum Gasteiger partial charge on any atom is -0.379 e. The average molecular weight is 263 g/mol. The molecule has 1 aliphatic rings. The molecule has 1 aromatic rings. The van der Waals surface area contributed by atoms with Gasteiger partial charge in [-0.2, -0.15) is 0 Å². The molecule has 1 fully saturated rings. The molecule has 1 heterocycles. The first kappa shape index (κ1) is 13.8. The lowest BCUT2D eigenvalue weighted by Crippen LogP contribution is -2.38. The molecule has 2 rings (SSSR count). The molecule has 0 aromatic heterocycles. The Balaban J connectivity index is 1.86. The van der Waals surface area contributed by atoms with Gasteiger partial charge in [0.2, 0.25) is 0 Å². The highest BCUT2D eigenvalue weighted by Gasteiger charge is 2.17. The highest BCUT2D eigenvalue weighted by atomic mass is 16.5.